The number of hydrogen-bond donors (Lipinski definition) is 12. The van der Waals surface area contributed by atoms with E-state index in [-0.39, 0.29) is 18.9 Å². The van der Waals surface area contributed by atoms with E-state index >= 15 is 0 Å². The molecule has 0 radical (unpaired) electrons. The van der Waals surface area contributed by atoms with E-state index in [4.69, 9.17) is 28.4 Å². The average Bonchev–Trinajstić information content (AvgIpc) is 2.46. The Hall–Kier alpha value is -3.29. The zero-order valence-corrected chi connectivity index (χ0v) is 53.9. The third-order valence-corrected chi connectivity index (χ3v) is 16.3. The van der Waals surface area contributed by atoms with Crippen molar-refractivity contribution in [2.75, 3.05) is 26.4 Å². The molecule has 12 N–H and O–H groups in total. The predicted octanol–water partition coefficient (Wildman–Crippen LogP) is 8.49. The third kappa shape index (κ3) is 33.4. The van der Waals surface area contributed by atoms with E-state index in [0.717, 1.165) is 89.9 Å². The quantitative estimate of drug-likeness (QED) is 0.0201. The molecule has 0 bridgehead atoms. The molecule has 0 aromatic heterocycles. The van der Waals surface area contributed by atoms with E-state index < -0.39 is 124 Å². The van der Waals surface area contributed by atoms with E-state index in [1.54, 1.807) is 6.08 Å². The highest BCUT2D eigenvalue weighted by atomic mass is 16.8. The van der Waals surface area contributed by atoms with Crippen molar-refractivity contribution < 1.29 is 89.4 Å². The first-order chi connectivity index (χ1) is 43.3. The lowest BCUT2D eigenvalue weighted by Crippen LogP contribution is -2.66. The molecule has 512 valence electrons. The van der Waals surface area contributed by atoms with Crippen molar-refractivity contribution in [2.45, 2.75) is 311 Å². The minimum Gasteiger partial charge on any atom is -0.394 e. The molecule has 17 atom stereocenters. The van der Waals surface area contributed by atoms with Crippen molar-refractivity contribution in [3.8, 4) is 0 Å². The molecular weight excluding hydrogens is 1140 g/mol. The number of hydrogen-bond acceptors (Lipinski definition) is 18. The maximum atomic E-state index is 13.4. The van der Waals surface area contributed by atoms with E-state index in [9.17, 15) is 61.0 Å². The highest BCUT2D eigenvalue weighted by molar-refractivity contribution is 5.76. The van der Waals surface area contributed by atoms with Crippen LogP contribution >= 0.6 is 0 Å². The number of carbonyl (C=O) groups is 1. The first-order valence-corrected chi connectivity index (χ1v) is 34.0. The van der Waals surface area contributed by atoms with Gasteiger partial charge in [-0.3, -0.25) is 4.79 Å². The van der Waals surface area contributed by atoms with Crippen molar-refractivity contribution in [3.63, 3.8) is 0 Å². The lowest BCUT2D eigenvalue weighted by atomic mass is 9.96. The molecule has 3 aliphatic rings. The van der Waals surface area contributed by atoms with E-state index in [2.05, 4.69) is 104 Å². The highest BCUT2D eigenvalue weighted by Crippen LogP contribution is 2.33. The molecule has 0 aliphatic carbocycles. The van der Waals surface area contributed by atoms with E-state index in [0.29, 0.717) is 12.8 Å². The van der Waals surface area contributed by atoms with Crippen LogP contribution in [0.3, 0.4) is 0 Å². The van der Waals surface area contributed by atoms with Gasteiger partial charge in [-0.1, -0.05) is 207 Å². The minimum atomic E-state index is -1.99. The number of carbonyl (C=O) groups excluding carboxylic acids is 1. The summed E-state index contributed by atoms with van der Waals surface area (Å²) in [6, 6.07) is -1.00. The molecule has 3 rings (SSSR count). The van der Waals surface area contributed by atoms with Crippen LogP contribution in [0, 0.1) is 0 Å². The normalized spacial score (nSPS) is 28.8. The molecule has 0 aromatic rings. The molecule has 3 aliphatic heterocycles. The fourth-order valence-electron chi connectivity index (χ4n) is 10.8. The highest BCUT2D eigenvalue weighted by Gasteiger charge is 2.53. The van der Waals surface area contributed by atoms with Gasteiger partial charge < -0.3 is 89.9 Å². The van der Waals surface area contributed by atoms with Gasteiger partial charge >= 0.3 is 0 Å². The first-order valence-electron chi connectivity index (χ1n) is 34.0. The predicted molar refractivity (Wildman–Crippen MR) is 346 cm³/mol. The maximum Gasteiger partial charge on any atom is 0.220 e. The van der Waals surface area contributed by atoms with Crippen molar-refractivity contribution in [1.82, 2.24) is 5.32 Å². The lowest BCUT2D eigenvalue weighted by molar-refractivity contribution is -0.379. The van der Waals surface area contributed by atoms with Gasteiger partial charge in [0.25, 0.3) is 0 Å². The number of allylic oxidation sites excluding steroid dienone is 15. The summed E-state index contributed by atoms with van der Waals surface area (Å²) in [6.45, 7) is 1.57. The summed E-state index contributed by atoms with van der Waals surface area (Å²) >= 11 is 0. The van der Waals surface area contributed by atoms with Crippen LogP contribution in [-0.4, -0.2) is 193 Å². The monoisotopic (exact) mass is 1260 g/mol. The van der Waals surface area contributed by atoms with Crippen LogP contribution in [0.15, 0.2) is 97.2 Å². The number of ether oxygens (including phenoxy) is 6. The van der Waals surface area contributed by atoms with Crippen molar-refractivity contribution >= 4 is 5.91 Å². The fourth-order valence-corrected chi connectivity index (χ4v) is 10.8. The van der Waals surface area contributed by atoms with Crippen molar-refractivity contribution in [1.29, 1.82) is 0 Å². The van der Waals surface area contributed by atoms with Gasteiger partial charge in [0, 0.05) is 6.42 Å². The molecule has 3 saturated heterocycles. The molecule has 19 nitrogen and oxygen atoms in total. The van der Waals surface area contributed by atoms with Gasteiger partial charge in [-0.25, -0.2) is 0 Å². The number of amides is 1. The molecule has 0 saturated carbocycles. The van der Waals surface area contributed by atoms with Crippen LogP contribution in [0.4, 0.5) is 0 Å². The number of rotatable bonds is 50. The van der Waals surface area contributed by atoms with Crippen LogP contribution in [0.5, 0.6) is 0 Å². The average molecular weight is 1260 g/mol. The zero-order valence-electron chi connectivity index (χ0n) is 53.9. The van der Waals surface area contributed by atoms with Crippen LogP contribution in [0.25, 0.3) is 0 Å². The molecule has 89 heavy (non-hydrogen) atoms. The third-order valence-electron chi connectivity index (χ3n) is 16.3. The zero-order chi connectivity index (χ0) is 64.7. The second-order valence-corrected chi connectivity index (χ2v) is 23.9. The van der Waals surface area contributed by atoms with E-state index in [1.807, 2.05) is 6.08 Å². The topological polar surface area (TPSA) is 307 Å². The molecule has 3 heterocycles. The Morgan fingerprint density at radius 3 is 1.26 bits per heavy atom. The van der Waals surface area contributed by atoms with Crippen LogP contribution in [-0.2, 0) is 33.2 Å². The Bertz CT molecular complexity index is 1990. The van der Waals surface area contributed by atoms with Crippen LogP contribution in [0.1, 0.15) is 206 Å². The summed E-state index contributed by atoms with van der Waals surface area (Å²) in [4.78, 5) is 13.4. The van der Waals surface area contributed by atoms with Crippen molar-refractivity contribution in [2.24, 2.45) is 0 Å². The minimum absolute atomic E-state index is 0.222. The summed E-state index contributed by atoms with van der Waals surface area (Å²) < 4.78 is 34.3. The number of unbranched alkanes of at least 4 members (excludes halogenated alkanes) is 20. The van der Waals surface area contributed by atoms with Gasteiger partial charge in [0.2, 0.25) is 5.91 Å². The molecule has 1 amide bonds. The Balaban J connectivity index is 1.45. The second kappa shape index (κ2) is 51.2. The molecule has 0 spiro atoms. The van der Waals surface area contributed by atoms with Crippen LogP contribution in [0.2, 0.25) is 0 Å². The molecular formula is C70H119NO18. The Kier molecular flexibility index (Phi) is 46.0. The summed E-state index contributed by atoms with van der Waals surface area (Å²) in [7, 11) is 0. The van der Waals surface area contributed by atoms with Crippen LogP contribution < -0.4 is 5.32 Å². The smallest absolute Gasteiger partial charge is 0.220 e. The SMILES string of the molecule is CC/C=C\C/C=C\C/C=C\C/C=C\C/C=C\CCCCCCCCCCCCCC(=O)NC(COC1OC(CO)C(OC2OC(CO)C(OC3OC(CO)C(O)C(O)C3O)C(O)C2O)C(O)C1O)C(O)/C=C/CC/C=C/CC/C=C/CCCCCCCCC. The fraction of sp³-hybridized carbons (Fsp3) is 0.757. The summed E-state index contributed by atoms with van der Waals surface area (Å²) in [5.41, 5.74) is 0. The Morgan fingerprint density at radius 2 is 0.787 bits per heavy atom. The molecule has 3 fully saturated rings. The van der Waals surface area contributed by atoms with Gasteiger partial charge in [-0.15, -0.1) is 0 Å². The van der Waals surface area contributed by atoms with Gasteiger partial charge in [0.1, 0.15) is 73.2 Å². The van der Waals surface area contributed by atoms with Gasteiger partial charge in [0.05, 0.1) is 38.6 Å². The number of nitrogens with one attached hydrogen (secondary N) is 1. The van der Waals surface area contributed by atoms with Crippen molar-refractivity contribution in [3.05, 3.63) is 97.2 Å². The van der Waals surface area contributed by atoms with E-state index in [1.165, 1.54) is 83.5 Å². The maximum absolute atomic E-state index is 13.4. The lowest BCUT2D eigenvalue weighted by Gasteiger charge is -2.48. The number of aliphatic hydroxyl groups is 11. The summed E-state index contributed by atoms with van der Waals surface area (Å²) in [6.07, 6.45) is 39.5. The van der Waals surface area contributed by atoms with Gasteiger partial charge in [-0.2, -0.15) is 0 Å². The summed E-state index contributed by atoms with van der Waals surface area (Å²) in [5.74, 6) is -0.297. The standard InChI is InChI=1S/C70H119NO18/c1-3-5-7-9-11-13-15-17-19-21-22-23-24-25-26-27-28-29-30-32-34-36-38-40-42-44-46-48-58(76)71-53(54(75)47-45-43-41-39-37-35-33-31-20-18-16-14-12-10-8-6-4-2)52-84-68-64(82)61(79)66(56(50-73)86-68)89-70-65(83)62(80)67(57(51-74)87-70)88-69-63(81)60(78)59(77)55(49-72)85-69/h5,7,11,13,17,19-20,22-23,25-26,31,37,39,45,47,53-57,59-70,72-75,77-83H,3-4,6,8-10,12,14-16,18,21,24,27-30,32-36,38,40-44,46,48-52H2,1-2H3,(H,71,76)/b7-5-,13-11-,19-17-,23-22-,26-25-,31-20+,39-37+,47-45+. The number of aliphatic hydroxyl groups excluding tert-OH is 11. The second-order valence-electron chi connectivity index (χ2n) is 23.9. The van der Waals surface area contributed by atoms with Gasteiger partial charge in [-0.05, 0) is 89.9 Å². The van der Waals surface area contributed by atoms with Gasteiger partial charge in [0.15, 0.2) is 18.9 Å². The largest absolute Gasteiger partial charge is 0.394 e. The Labute approximate surface area is 533 Å². The Morgan fingerprint density at radius 1 is 0.416 bits per heavy atom. The summed E-state index contributed by atoms with van der Waals surface area (Å²) in [5, 5.41) is 120. The molecule has 19 heteroatoms. The molecule has 17 unspecified atom stereocenters. The first kappa shape index (κ1) is 79.9. The molecule has 0 aromatic carbocycles.